The van der Waals surface area contributed by atoms with Crippen LogP contribution in [0, 0.1) is 0 Å². The molecule has 2 aliphatic heterocycles. The molecule has 2 heteroatoms. The second kappa shape index (κ2) is 11.8. The predicted octanol–water partition coefficient (Wildman–Crippen LogP) is 11.8. The van der Waals surface area contributed by atoms with Crippen molar-refractivity contribution in [3.63, 3.8) is 0 Å². The molecule has 8 rings (SSSR count). The summed E-state index contributed by atoms with van der Waals surface area (Å²) >= 11 is 0. The molecule has 0 unspecified atom stereocenters. The van der Waals surface area contributed by atoms with E-state index in [0.29, 0.717) is 0 Å². The first-order valence-corrected chi connectivity index (χ1v) is 17.6. The lowest BCUT2D eigenvalue weighted by molar-refractivity contribution is 0.578. The van der Waals surface area contributed by atoms with E-state index in [1.807, 2.05) is 0 Å². The Labute approximate surface area is 274 Å². The molecule has 0 radical (unpaired) electrons. The molecule has 2 aliphatic rings. The highest BCUT2D eigenvalue weighted by Crippen LogP contribution is 2.46. The monoisotopic (exact) mass is 602 g/mol. The van der Waals surface area contributed by atoms with Crippen LogP contribution >= 0.6 is 0 Å². The van der Waals surface area contributed by atoms with Crippen molar-refractivity contribution in [2.24, 2.45) is 0 Å². The Morgan fingerprint density at radius 3 is 1.48 bits per heavy atom. The van der Waals surface area contributed by atoms with Crippen LogP contribution < -0.4 is 9.80 Å². The van der Waals surface area contributed by atoms with Crippen LogP contribution in [0.3, 0.4) is 0 Å². The van der Waals surface area contributed by atoms with E-state index in [2.05, 4.69) is 134 Å². The van der Waals surface area contributed by atoms with Gasteiger partial charge in [0, 0.05) is 37.6 Å². The number of benzene rings is 6. The van der Waals surface area contributed by atoms with Crippen molar-refractivity contribution < 1.29 is 0 Å². The van der Waals surface area contributed by atoms with Gasteiger partial charge in [-0.3, -0.25) is 0 Å². The third-order valence-corrected chi connectivity index (χ3v) is 10.6. The van der Waals surface area contributed by atoms with Gasteiger partial charge in [-0.15, -0.1) is 0 Å². The molecule has 0 amide bonds. The summed E-state index contributed by atoms with van der Waals surface area (Å²) < 4.78 is 0. The molecule has 0 spiro atoms. The maximum atomic E-state index is 2.61. The van der Waals surface area contributed by atoms with Crippen molar-refractivity contribution in [3.8, 4) is 22.3 Å². The van der Waals surface area contributed by atoms with E-state index in [1.165, 1.54) is 110 Å². The molecular weight excluding hydrogens is 556 g/mol. The van der Waals surface area contributed by atoms with Crippen LogP contribution in [-0.4, -0.2) is 26.2 Å². The van der Waals surface area contributed by atoms with Gasteiger partial charge in [-0.25, -0.2) is 0 Å². The van der Waals surface area contributed by atoms with E-state index < -0.39 is 0 Å². The highest BCUT2D eigenvalue weighted by atomic mass is 15.1. The maximum Gasteiger partial charge on any atom is 0.0372 e. The summed E-state index contributed by atoms with van der Waals surface area (Å²) in [7, 11) is 0. The molecule has 46 heavy (non-hydrogen) atoms. The number of fused-ring (bicyclic) bond motifs is 3. The summed E-state index contributed by atoms with van der Waals surface area (Å²) in [6.07, 6.45) is 7.78. The first-order valence-electron chi connectivity index (χ1n) is 17.6. The quantitative estimate of drug-likeness (QED) is 0.185. The topological polar surface area (TPSA) is 6.48 Å². The van der Waals surface area contributed by atoms with E-state index in [0.717, 1.165) is 26.2 Å². The molecule has 0 N–H and O–H groups in total. The fraction of sp³-hybridized carbons (Fsp3) is 0.318. The molecule has 2 saturated heterocycles. The maximum absolute atomic E-state index is 2.61. The van der Waals surface area contributed by atoms with Crippen LogP contribution in [0.1, 0.15) is 64.9 Å². The standard InChI is InChI=1S/C44H46N2/c1-44(2,3)35-18-16-32(17-19-35)42-38-22-20-37(46-26-10-5-11-27-46)30-41(38)43(34-15-14-31-12-6-7-13-33(31)28-34)39-23-21-36(29-40(39)42)45-24-8-4-9-25-45/h6-7,12-23,28-30H,4-5,8-11,24-27H2,1-3H3. The van der Waals surface area contributed by atoms with Gasteiger partial charge in [0.25, 0.3) is 0 Å². The summed E-state index contributed by atoms with van der Waals surface area (Å²) in [6.45, 7) is 11.5. The molecule has 232 valence electrons. The number of anilines is 2. The van der Waals surface area contributed by atoms with E-state index in [1.54, 1.807) is 0 Å². The molecule has 0 atom stereocenters. The lowest BCUT2D eigenvalue weighted by Gasteiger charge is -2.30. The van der Waals surface area contributed by atoms with E-state index in [4.69, 9.17) is 0 Å². The van der Waals surface area contributed by atoms with Gasteiger partial charge < -0.3 is 9.80 Å². The Balaban J connectivity index is 1.44. The van der Waals surface area contributed by atoms with Crippen molar-refractivity contribution in [2.45, 2.75) is 64.7 Å². The van der Waals surface area contributed by atoms with Crippen LogP contribution in [-0.2, 0) is 5.41 Å². The summed E-state index contributed by atoms with van der Waals surface area (Å²) in [5.74, 6) is 0. The zero-order valence-corrected chi connectivity index (χ0v) is 27.8. The summed E-state index contributed by atoms with van der Waals surface area (Å²) in [5.41, 5.74) is 9.52. The summed E-state index contributed by atoms with van der Waals surface area (Å²) in [4.78, 5) is 5.21. The predicted molar refractivity (Wildman–Crippen MR) is 201 cm³/mol. The minimum atomic E-state index is 0.118. The lowest BCUT2D eigenvalue weighted by atomic mass is 9.83. The van der Waals surface area contributed by atoms with E-state index >= 15 is 0 Å². The smallest absolute Gasteiger partial charge is 0.0372 e. The third kappa shape index (κ3) is 5.32. The molecule has 0 bridgehead atoms. The Hall–Kier alpha value is -4.30. The van der Waals surface area contributed by atoms with Gasteiger partial charge in [0.15, 0.2) is 0 Å². The molecule has 0 saturated carbocycles. The molecule has 6 aromatic carbocycles. The third-order valence-electron chi connectivity index (χ3n) is 10.6. The van der Waals surface area contributed by atoms with Crippen molar-refractivity contribution in [1.29, 1.82) is 0 Å². The molecule has 2 nitrogen and oxygen atoms in total. The van der Waals surface area contributed by atoms with Crippen LogP contribution in [0.5, 0.6) is 0 Å². The van der Waals surface area contributed by atoms with Gasteiger partial charge >= 0.3 is 0 Å². The average molecular weight is 603 g/mol. The second-order valence-corrected chi connectivity index (χ2v) is 14.7. The van der Waals surface area contributed by atoms with Crippen molar-refractivity contribution in [2.75, 3.05) is 36.0 Å². The Kier molecular flexibility index (Phi) is 7.48. The fourth-order valence-corrected chi connectivity index (χ4v) is 8.01. The van der Waals surface area contributed by atoms with E-state index in [9.17, 15) is 0 Å². The Bertz CT molecular complexity index is 2030. The van der Waals surface area contributed by atoms with Gasteiger partial charge in [-0.2, -0.15) is 0 Å². The highest BCUT2D eigenvalue weighted by Gasteiger charge is 2.22. The minimum absolute atomic E-state index is 0.118. The number of piperidine rings is 2. The van der Waals surface area contributed by atoms with Gasteiger partial charge in [0.1, 0.15) is 0 Å². The number of rotatable bonds is 4. The van der Waals surface area contributed by atoms with E-state index in [-0.39, 0.29) is 5.41 Å². The molecule has 2 fully saturated rings. The van der Waals surface area contributed by atoms with Gasteiger partial charge in [-0.1, -0.05) is 93.6 Å². The van der Waals surface area contributed by atoms with Crippen molar-refractivity contribution >= 4 is 43.7 Å². The van der Waals surface area contributed by atoms with Crippen molar-refractivity contribution in [1.82, 2.24) is 0 Å². The first kappa shape index (κ1) is 29.1. The molecule has 0 aliphatic carbocycles. The fourth-order valence-electron chi connectivity index (χ4n) is 8.01. The molecule has 6 aromatic rings. The normalized spacial score (nSPS) is 16.1. The largest absolute Gasteiger partial charge is 0.372 e. The Morgan fingerprint density at radius 1 is 0.435 bits per heavy atom. The molecule has 2 heterocycles. The lowest BCUT2D eigenvalue weighted by Crippen LogP contribution is -2.29. The number of hydrogen-bond acceptors (Lipinski definition) is 2. The first-order chi connectivity index (χ1) is 22.4. The van der Waals surface area contributed by atoms with Gasteiger partial charge in [-0.05, 0) is 134 Å². The minimum Gasteiger partial charge on any atom is -0.372 e. The zero-order chi connectivity index (χ0) is 31.3. The molecular formula is C44H46N2. The van der Waals surface area contributed by atoms with Crippen LogP contribution in [0.25, 0.3) is 54.6 Å². The number of nitrogens with zero attached hydrogens (tertiary/aromatic N) is 2. The average Bonchev–Trinajstić information content (AvgIpc) is 3.10. The second-order valence-electron chi connectivity index (χ2n) is 14.7. The van der Waals surface area contributed by atoms with Gasteiger partial charge in [0.2, 0.25) is 0 Å². The number of hydrogen-bond donors (Lipinski definition) is 0. The molecule has 0 aromatic heterocycles. The summed E-state index contributed by atoms with van der Waals surface area (Å²) in [6, 6.07) is 39.9. The van der Waals surface area contributed by atoms with Crippen LogP contribution in [0.4, 0.5) is 11.4 Å². The SMILES string of the molecule is CC(C)(C)c1ccc(-c2c3ccc(N4CCCCC4)cc3c(-c3ccc4ccccc4c3)c3ccc(N4CCCCC4)cc23)cc1. The van der Waals surface area contributed by atoms with Crippen LogP contribution in [0.15, 0.2) is 103 Å². The van der Waals surface area contributed by atoms with Gasteiger partial charge in [0.05, 0.1) is 0 Å². The zero-order valence-electron chi connectivity index (χ0n) is 27.8. The summed E-state index contributed by atoms with van der Waals surface area (Å²) in [5, 5.41) is 7.97. The van der Waals surface area contributed by atoms with Crippen LogP contribution in [0.2, 0.25) is 0 Å². The van der Waals surface area contributed by atoms with Crippen molar-refractivity contribution in [3.05, 3.63) is 109 Å². The highest BCUT2D eigenvalue weighted by molar-refractivity contribution is 6.22. The Morgan fingerprint density at radius 2 is 0.935 bits per heavy atom.